The molecule has 1 aromatic heterocycles. The minimum absolute atomic E-state index is 0.639. The molecule has 0 amide bonds. The predicted molar refractivity (Wildman–Crippen MR) is 59.3 cm³/mol. The average Bonchev–Trinajstić information content (AvgIpc) is 2.52. The maximum Gasteiger partial charge on any atom is 0.0492 e. The number of nitrogens with one attached hydrogen (secondary N) is 1. The molecule has 0 aliphatic carbocycles. The van der Waals surface area contributed by atoms with Gasteiger partial charge in [-0.1, -0.05) is 13.8 Å². The Morgan fingerprint density at radius 2 is 2.36 bits per heavy atom. The topological polar surface area (TPSA) is 29.9 Å². The Bertz CT molecular complexity index is 255. The quantitative estimate of drug-likeness (QED) is 0.702. The molecule has 0 saturated carbocycles. The Balaban J connectivity index is 2.27. The van der Waals surface area contributed by atoms with Crippen LogP contribution in [0.3, 0.4) is 0 Å². The second-order valence-electron chi connectivity index (χ2n) is 3.96. The molecule has 1 unspecified atom stereocenters. The van der Waals surface area contributed by atoms with Crippen molar-refractivity contribution >= 4 is 0 Å². The van der Waals surface area contributed by atoms with Crippen LogP contribution >= 0.6 is 0 Å². The first-order valence-corrected chi connectivity index (χ1v) is 5.43. The lowest BCUT2D eigenvalue weighted by atomic mass is 10.2. The second-order valence-corrected chi connectivity index (χ2v) is 3.96. The fourth-order valence-electron chi connectivity index (χ4n) is 1.47. The van der Waals surface area contributed by atoms with Gasteiger partial charge in [-0.05, 0) is 38.4 Å². The first-order valence-electron chi connectivity index (χ1n) is 5.43. The van der Waals surface area contributed by atoms with E-state index >= 15 is 0 Å². The molecule has 0 radical (unpaired) electrons. The average molecular weight is 195 g/mol. The van der Waals surface area contributed by atoms with Gasteiger partial charge in [-0.2, -0.15) is 5.10 Å². The van der Waals surface area contributed by atoms with Crippen LogP contribution in [-0.4, -0.2) is 22.9 Å². The number of hydrogen-bond donors (Lipinski definition) is 1. The largest absolute Gasteiger partial charge is 0.316 e. The zero-order valence-electron chi connectivity index (χ0n) is 9.45. The SMILES string of the molecule is CCCNCC(C)Cn1nccc1C. The van der Waals surface area contributed by atoms with Gasteiger partial charge in [-0.25, -0.2) is 0 Å². The molecule has 1 rings (SSSR count). The molecule has 80 valence electrons. The molecule has 3 nitrogen and oxygen atoms in total. The highest BCUT2D eigenvalue weighted by atomic mass is 15.3. The first-order chi connectivity index (χ1) is 6.74. The third-order valence-corrected chi connectivity index (χ3v) is 2.33. The summed E-state index contributed by atoms with van der Waals surface area (Å²) in [6.45, 7) is 9.74. The second kappa shape index (κ2) is 5.81. The third-order valence-electron chi connectivity index (χ3n) is 2.33. The molecule has 3 heteroatoms. The van der Waals surface area contributed by atoms with E-state index in [0.29, 0.717) is 5.92 Å². The summed E-state index contributed by atoms with van der Waals surface area (Å²) in [5.41, 5.74) is 1.24. The molecule has 0 spiro atoms. The molecule has 1 aromatic rings. The summed E-state index contributed by atoms with van der Waals surface area (Å²) in [5, 5.41) is 7.70. The van der Waals surface area contributed by atoms with Crippen LogP contribution in [0.15, 0.2) is 12.3 Å². The molecular weight excluding hydrogens is 174 g/mol. The molecule has 14 heavy (non-hydrogen) atoms. The zero-order valence-corrected chi connectivity index (χ0v) is 9.45. The molecule has 0 fully saturated rings. The summed E-state index contributed by atoms with van der Waals surface area (Å²) in [7, 11) is 0. The zero-order chi connectivity index (χ0) is 10.4. The molecule has 1 atom stereocenters. The minimum atomic E-state index is 0.639. The van der Waals surface area contributed by atoms with Crippen LogP contribution in [0.4, 0.5) is 0 Å². The number of aromatic nitrogens is 2. The lowest BCUT2D eigenvalue weighted by Gasteiger charge is -2.13. The van der Waals surface area contributed by atoms with Crippen molar-refractivity contribution in [1.29, 1.82) is 0 Å². The summed E-state index contributed by atoms with van der Waals surface area (Å²) < 4.78 is 2.07. The van der Waals surface area contributed by atoms with Gasteiger partial charge in [0.1, 0.15) is 0 Å². The van der Waals surface area contributed by atoms with E-state index in [-0.39, 0.29) is 0 Å². The van der Waals surface area contributed by atoms with E-state index in [9.17, 15) is 0 Å². The number of aryl methyl sites for hydroxylation is 1. The third kappa shape index (κ3) is 3.50. The number of nitrogens with zero attached hydrogens (tertiary/aromatic N) is 2. The van der Waals surface area contributed by atoms with Crippen molar-refractivity contribution < 1.29 is 0 Å². The molecule has 0 saturated heterocycles. The lowest BCUT2D eigenvalue weighted by Crippen LogP contribution is -2.25. The van der Waals surface area contributed by atoms with Gasteiger partial charge >= 0.3 is 0 Å². The first kappa shape index (κ1) is 11.2. The van der Waals surface area contributed by atoms with Crippen LogP contribution in [0.1, 0.15) is 26.0 Å². The maximum absolute atomic E-state index is 4.27. The van der Waals surface area contributed by atoms with Crippen LogP contribution < -0.4 is 5.32 Å². The van der Waals surface area contributed by atoms with Crippen LogP contribution in [0.2, 0.25) is 0 Å². The molecule has 0 aliphatic rings. The molecule has 1 N–H and O–H groups in total. The van der Waals surface area contributed by atoms with Gasteiger partial charge < -0.3 is 5.32 Å². The summed E-state index contributed by atoms with van der Waals surface area (Å²) in [6, 6.07) is 2.05. The van der Waals surface area contributed by atoms with Crippen molar-refractivity contribution in [2.75, 3.05) is 13.1 Å². The Hall–Kier alpha value is -0.830. The fourth-order valence-corrected chi connectivity index (χ4v) is 1.47. The smallest absolute Gasteiger partial charge is 0.0492 e. The van der Waals surface area contributed by atoms with Gasteiger partial charge in [0.2, 0.25) is 0 Å². The predicted octanol–water partition coefficient (Wildman–Crippen LogP) is 1.83. The van der Waals surface area contributed by atoms with Crippen molar-refractivity contribution in [2.24, 2.45) is 5.92 Å². The van der Waals surface area contributed by atoms with Crippen molar-refractivity contribution in [3.63, 3.8) is 0 Å². The Morgan fingerprint density at radius 1 is 1.57 bits per heavy atom. The van der Waals surface area contributed by atoms with E-state index in [0.717, 1.165) is 19.6 Å². The molecule has 0 aromatic carbocycles. The normalized spacial score (nSPS) is 13.1. The van der Waals surface area contributed by atoms with Gasteiger partial charge in [0.05, 0.1) is 0 Å². The summed E-state index contributed by atoms with van der Waals surface area (Å²) >= 11 is 0. The van der Waals surface area contributed by atoms with Gasteiger partial charge in [-0.3, -0.25) is 4.68 Å². The van der Waals surface area contributed by atoms with Gasteiger partial charge in [0.15, 0.2) is 0 Å². The van der Waals surface area contributed by atoms with Crippen LogP contribution in [0.25, 0.3) is 0 Å². The van der Waals surface area contributed by atoms with E-state index in [4.69, 9.17) is 0 Å². The fraction of sp³-hybridized carbons (Fsp3) is 0.727. The minimum Gasteiger partial charge on any atom is -0.316 e. The van der Waals surface area contributed by atoms with Crippen LogP contribution in [0, 0.1) is 12.8 Å². The summed E-state index contributed by atoms with van der Waals surface area (Å²) in [4.78, 5) is 0. The number of rotatable bonds is 6. The monoisotopic (exact) mass is 195 g/mol. The van der Waals surface area contributed by atoms with Crippen molar-refractivity contribution in [1.82, 2.24) is 15.1 Å². The summed E-state index contributed by atoms with van der Waals surface area (Å²) in [6.07, 6.45) is 3.06. The van der Waals surface area contributed by atoms with E-state index in [1.54, 1.807) is 0 Å². The van der Waals surface area contributed by atoms with Gasteiger partial charge in [0, 0.05) is 18.4 Å². The van der Waals surface area contributed by atoms with Crippen molar-refractivity contribution in [3.8, 4) is 0 Å². The van der Waals surface area contributed by atoms with Crippen LogP contribution in [0.5, 0.6) is 0 Å². The standard InChI is InChI=1S/C11H21N3/c1-4-6-12-8-10(2)9-14-11(3)5-7-13-14/h5,7,10,12H,4,6,8-9H2,1-3H3. The van der Waals surface area contributed by atoms with E-state index in [2.05, 4.69) is 35.9 Å². The Kier molecular flexibility index (Phi) is 4.66. The molecule has 0 aliphatic heterocycles. The Morgan fingerprint density at radius 3 is 2.93 bits per heavy atom. The van der Waals surface area contributed by atoms with Crippen molar-refractivity contribution in [3.05, 3.63) is 18.0 Å². The van der Waals surface area contributed by atoms with Crippen LogP contribution in [-0.2, 0) is 6.54 Å². The van der Waals surface area contributed by atoms with E-state index in [1.807, 2.05) is 12.3 Å². The lowest BCUT2D eigenvalue weighted by molar-refractivity contribution is 0.417. The molecule has 0 bridgehead atoms. The number of hydrogen-bond acceptors (Lipinski definition) is 2. The highest BCUT2D eigenvalue weighted by Gasteiger charge is 2.04. The van der Waals surface area contributed by atoms with E-state index < -0.39 is 0 Å². The van der Waals surface area contributed by atoms with Gasteiger partial charge in [0.25, 0.3) is 0 Å². The molecule has 1 heterocycles. The highest BCUT2D eigenvalue weighted by Crippen LogP contribution is 2.02. The highest BCUT2D eigenvalue weighted by molar-refractivity contribution is 4.96. The Labute approximate surface area is 86.5 Å². The van der Waals surface area contributed by atoms with Gasteiger partial charge in [-0.15, -0.1) is 0 Å². The maximum atomic E-state index is 4.27. The molecular formula is C11H21N3. The summed E-state index contributed by atoms with van der Waals surface area (Å²) in [5.74, 6) is 0.639. The van der Waals surface area contributed by atoms with Crippen molar-refractivity contribution in [2.45, 2.75) is 33.7 Å². The van der Waals surface area contributed by atoms with E-state index in [1.165, 1.54) is 12.1 Å².